The molecule has 1 aromatic heterocycles. The van der Waals surface area contributed by atoms with E-state index in [2.05, 4.69) is 4.98 Å². The summed E-state index contributed by atoms with van der Waals surface area (Å²) < 4.78 is 4.78. The van der Waals surface area contributed by atoms with Crippen LogP contribution in [0.25, 0.3) is 0 Å². The van der Waals surface area contributed by atoms with Gasteiger partial charge in [-0.1, -0.05) is 0 Å². The number of aromatic nitrogens is 1. The van der Waals surface area contributed by atoms with E-state index in [9.17, 15) is 14.9 Å². The van der Waals surface area contributed by atoms with Gasteiger partial charge in [-0.3, -0.25) is 14.9 Å². The minimum Gasteiger partial charge on any atom is -0.466 e. The number of anilines is 1. The highest BCUT2D eigenvalue weighted by atomic mass is 16.6. The molecule has 0 aliphatic heterocycles. The second-order valence-electron chi connectivity index (χ2n) is 3.88. The lowest BCUT2D eigenvalue weighted by atomic mass is 10.2. The summed E-state index contributed by atoms with van der Waals surface area (Å²) in [4.78, 5) is 27.0. The molecular weight excluding hydrogens is 264 g/mol. The Labute approximate surface area is 115 Å². The van der Waals surface area contributed by atoms with Crippen molar-refractivity contribution in [3.63, 3.8) is 0 Å². The van der Waals surface area contributed by atoms with Crippen LogP contribution in [-0.2, 0) is 9.53 Å². The normalized spacial score (nSPS) is 9.65. The monoisotopic (exact) mass is 278 g/mol. The molecule has 0 spiro atoms. The molecule has 0 fully saturated rings. The summed E-state index contributed by atoms with van der Waals surface area (Å²) in [5.41, 5.74) is -0.427. The number of ether oxygens (including phenoxy) is 1. The van der Waals surface area contributed by atoms with E-state index in [0.29, 0.717) is 0 Å². The molecule has 0 radical (unpaired) electrons. The molecular formula is C12H14N4O4. The SMILES string of the molecule is CCOC(=O)CCN(C)c1nccc(C#N)c1[N+](=O)[O-]. The van der Waals surface area contributed by atoms with Gasteiger partial charge < -0.3 is 9.64 Å². The van der Waals surface area contributed by atoms with Gasteiger partial charge in [0.25, 0.3) is 0 Å². The van der Waals surface area contributed by atoms with Crippen molar-refractivity contribution in [1.29, 1.82) is 5.26 Å². The number of pyridine rings is 1. The highest BCUT2D eigenvalue weighted by Gasteiger charge is 2.24. The van der Waals surface area contributed by atoms with E-state index in [4.69, 9.17) is 10.00 Å². The smallest absolute Gasteiger partial charge is 0.329 e. The van der Waals surface area contributed by atoms with E-state index in [1.54, 1.807) is 20.0 Å². The Bertz CT molecular complexity index is 553. The van der Waals surface area contributed by atoms with E-state index in [0.717, 1.165) is 0 Å². The second-order valence-corrected chi connectivity index (χ2v) is 3.88. The summed E-state index contributed by atoms with van der Waals surface area (Å²) in [5.74, 6) is -0.336. The molecule has 1 rings (SSSR count). The fourth-order valence-electron chi connectivity index (χ4n) is 1.59. The average Bonchev–Trinajstić information content (AvgIpc) is 2.43. The summed E-state index contributed by atoms with van der Waals surface area (Å²) in [7, 11) is 1.57. The number of hydrogen-bond donors (Lipinski definition) is 0. The number of rotatable bonds is 6. The van der Waals surface area contributed by atoms with Gasteiger partial charge >= 0.3 is 11.7 Å². The number of carbonyl (C=O) groups excluding carboxylic acids is 1. The molecule has 0 aliphatic carbocycles. The van der Waals surface area contributed by atoms with Gasteiger partial charge in [0.1, 0.15) is 11.6 Å². The first-order valence-corrected chi connectivity index (χ1v) is 5.91. The van der Waals surface area contributed by atoms with Gasteiger partial charge in [-0.2, -0.15) is 5.26 Å². The van der Waals surface area contributed by atoms with Crippen LogP contribution in [-0.4, -0.2) is 36.1 Å². The van der Waals surface area contributed by atoms with Gasteiger partial charge in [0.2, 0.25) is 5.82 Å². The van der Waals surface area contributed by atoms with Crippen LogP contribution >= 0.6 is 0 Å². The van der Waals surface area contributed by atoms with Crippen molar-refractivity contribution in [3.8, 4) is 6.07 Å². The molecule has 0 atom stereocenters. The van der Waals surface area contributed by atoms with Crippen LogP contribution < -0.4 is 4.90 Å². The molecule has 1 heterocycles. The maximum absolute atomic E-state index is 11.3. The topological polar surface area (TPSA) is 109 Å². The number of nitriles is 1. The van der Waals surface area contributed by atoms with Crippen molar-refractivity contribution in [2.24, 2.45) is 0 Å². The highest BCUT2D eigenvalue weighted by molar-refractivity contribution is 5.71. The number of nitro groups is 1. The first-order valence-electron chi connectivity index (χ1n) is 5.91. The van der Waals surface area contributed by atoms with E-state index in [1.807, 2.05) is 0 Å². The van der Waals surface area contributed by atoms with E-state index >= 15 is 0 Å². The lowest BCUT2D eigenvalue weighted by Gasteiger charge is -2.17. The van der Waals surface area contributed by atoms with Crippen LogP contribution in [0, 0.1) is 21.4 Å². The largest absolute Gasteiger partial charge is 0.466 e. The Morgan fingerprint density at radius 2 is 2.35 bits per heavy atom. The standard InChI is InChI=1S/C12H14N4O4/c1-3-20-10(17)5-7-15(2)12-11(16(18)19)9(8-13)4-6-14-12/h4,6H,3,5,7H2,1-2H3. The molecule has 20 heavy (non-hydrogen) atoms. The molecule has 106 valence electrons. The van der Waals surface area contributed by atoms with E-state index in [-0.39, 0.29) is 36.6 Å². The van der Waals surface area contributed by atoms with Crippen LogP contribution in [0.3, 0.4) is 0 Å². The van der Waals surface area contributed by atoms with Crippen molar-refractivity contribution in [2.45, 2.75) is 13.3 Å². The Hall–Kier alpha value is -2.69. The predicted molar refractivity (Wildman–Crippen MR) is 70.1 cm³/mol. The summed E-state index contributed by atoms with van der Waals surface area (Å²) in [6.45, 7) is 2.19. The van der Waals surface area contributed by atoms with Crippen molar-refractivity contribution in [2.75, 3.05) is 25.1 Å². The van der Waals surface area contributed by atoms with Gasteiger partial charge in [-0.05, 0) is 13.0 Å². The van der Waals surface area contributed by atoms with Gasteiger partial charge in [-0.15, -0.1) is 0 Å². The molecule has 0 unspecified atom stereocenters. The van der Waals surface area contributed by atoms with Crippen LogP contribution in [0.4, 0.5) is 11.5 Å². The zero-order valence-electron chi connectivity index (χ0n) is 11.2. The summed E-state index contributed by atoms with van der Waals surface area (Å²) >= 11 is 0. The van der Waals surface area contributed by atoms with Crippen molar-refractivity contribution < 1.29 is 14.5 Å². The van der Waals surface area contributed by atoms with Gasteiger partial charge in [0, 0.05) is 19.8 Å². The number of esters is 1. The number of hydrogen-bond acceptors (Lipinski definition) is 7. The van der Waals surface area contributed by atoms with Crippen molar-refractivity contribution in [1.82, 2.24) is 4.98 Å². The lowest BCUT2D eigenvalue weighted by molar-refractivity contribution is -0.384. The molecule has 0 bridgehead atoms. The minimum absolute atomic E-state index is 0.0540. The Morgan fingerprint density at radius 1 is 1.65 bits per heavy atom. The van der Waals surface area contributed by atoms with Crippen molar-refractivity contribution >= 4 is 17.5 Å². The summed E-state index contributed by atoms with van der Waals surface area (Å²) in [6.07, 6.45) is 1.40. The summed E-state index contributed by atoms with van der Waals surface area (Å²) in [5, 5.41) is 19.9. The molecule has 0 saturated carbocycles. The van der Waals surface area contributed by atoms with Crippen LogP contribution in [0.1, 0.15) is 18.9 Å². The van der Waals surface area contributed by atoms with Gasteiger partial charge in [0.15, 0.2) is 0 Å². The first-order chi connectivity index (χ1) is 9.51. The molecule has 0 aliphatic rings. The molecule has 8 nitrogen and oxygen atoms in total. The molecule has 0 N–H and O–H groups in total. The highest BCUT2D eigenvalue weighted by Crippen LogP contribution is 2.28. The fraction of sp³-hybridized carbons (Fsp3) is 0.417. The Balaban J connectivity index is 2.93. The van der Waals surface area contributed by atoms with Gasteiger partial charge in [0.05, 0.1) is 18.0 Å². The molecule has 1 aromatic rings. The molecule has 0 aromatic carbocycles. The Kier molecular flexibility index (Phi) is 5.41. The third kappa shape index (κ3) is 3.65. The Morgan fingerprint density at radius 3 is 2.90 bits per heavy atom. The van der Waals surface area contributed by atoms with Crippen LogP contribution in [0.2, 0.25) is 0 Å². The molecule has 8 heteroatoms. The lowest BCUT2D eigenvalue weighted by Crippen LogP contribution is -2.24. The van der Waals surface area contributed by atoms with Crippen LogP contribution in [0.15, 0.2) is 12.3 Å². The fourth-order valence-corrected chi connectivity index (χ4v) is 1.59. The average molecular weight is 278 g/mol. The zero-order valence-corrected chi connectivity index (χ0v) is 11.2. The minimum atomic E-state index is -0.651. The number of nitrogens with zero attached hydrogens (tertiary/aromatic N) is 4. The maximum Gasteiger partial charge on any atom is 0.329 e. The third-order valence-electron chi connectivity index (χ3n) is 2.53. The summed E-state index contributed by atoms with van der Waals surface area (Å²) in [6, 6.07) is 3.04. The first kappa shape index (κ1) is 15.4. The zero-order chi connectivity index (χ0) is 15.1. The van der Waals surface area contributed by atoms with E-state index < -0.39 is 10.9 Å². The predicted octanol–water partition coefficient (Wildman–Crippen LogP) is 1.25. The second kappa shape index (κ2) is 7.04. The van der Waals surface area contributed by atoms with Crippen LogP contribution in [0.5, 0.6) is 0 Å². The quantitative estimate of drug-likeness (QED) is 0.437. The van der Waals surface area contributed by atoms with E-state index in [1.165, 1.54) is 17.2 Å². The number of carbonyl (C=O) groups is 1. The van der Waals surface area contributed by atoms with Gasteiger partial charge in [-0.25, -0.2) is 4.98 Å². The molecule has 0 amide bonds. The van der Waals surface area contributed by atoms with Crippen molar-refractivity contribution in [3.05, 3.63) is 27.9 Å². The maximum atomic E-state index is 11.3. The molecule has 0 saturated heterocycles. The third-order valence-corrected chi connectivity index (χ3v) is 2.53.